The lowest BCUT2D eigenvalue weighted by Crippen LogP contribution is -2.26. The van der Waals surface area contributed by atoms with E-state index < -0.39 is 17.4 Å². The van der Waals surface area contributed by atoms with Crippen molar-refractivity contribution in [2.75, 3.05) is 24.7 Å². The topological polar surface area (TPSA) is 64.2 Å². The van der Waals surface area contributed by atoms with Gasteiger partial charge in [0.25, 0.3) is 0 Å². The Kier molecular flexibility index (Phi) is 3.90. The van der Waals surface area contributed by atoms with Crippen LogP contribution >= 0.6 is 0 Å². The molecule has 0 aliphatic carbocycles. The first-order chi connectivity index (χ1) is 11.7. The van der Waals surface area contributed by atoms with Gasteiger partial charge in [-0.05, 0) is 36.4 Å². The first kappa shape index (κ1) is 16.8. The molecule has 0 amide bonds. The van der Waals surface area contributed by atoms with Crippen LogP contribution in [0.25, 0.3) is 16.6 Å². The van der Waals surface area contributed by atoms with Crippen molar-refractivity contribution in [3.8, 4) is 5.69 Å². The van der Waals surface area contributed by atoms with Crippen LogP contribution in [0.4, 0.5) is 24.7 Å². The number of nitrogen functional groups attached to an aromatic ring is 1. The van der Waals surface area contributed by atoms with Crippen molar-refractivity contribution in [1.82, 2.24) is 9.55 Å². The minimum absolute atomic E-state index is 0.115. The predicted molar refractivity (Wildman–Crippen MR) is 91.1 cm³/mol. The molecule has 25 heavy (non-hydrogen) atoms. The van der Waals surface area contributed by atoms with Crippen molar-refractivity contribution in [3.05, 3.63) is 58.5 Å². The molecule has 0 fully saturated rings. The fraction of sp³-hybridized carbons (Fsp3) is 0.176. The third-order valence-corrected chi connectivity index (χ3v) is 3.75. The molecule has 0 spiro atoms. The van der Waals surface area contributed by atoms with Gasteiger partial charge in [-0.15, -0.1) is 0 Å². The number of anilines is 2. The van der Waals surface area contributed by atoms with Gasteiger partial charge in [-0.2, -0.15) is 18.2 Å². The number of hydrogen-bond donors (Lipinski definition) is 1. The average Bonchev–Trinajstić information content (AvgIpc) is 2.52. The molecule has 0 bridgehead atoms. The first-order valence-corrected chi connectivity index (χ1v) is 7.36. The molecular formula is C17H15F3N4O. The van der Waals surface area contributed by atoms with E-state index in [9.17, 15) is 18.0 Å². The van der Waals surface area contributed by atoms with Crippen LogP contribution in [0.3, 0.4) is 0 Å². The minimum Gasteiger partial charge on any atom is -0.399 e. The molecular weight excluding hydrogens is 333 g/mol. The summed E-state index contributed by atoms with van der Waals surface area (Å²) in [5.74, 6) is 0.300. The van der Waals surface area contributed by atoms with Crippen LogP contribution in [-0.2, 0) is 6.18 Å². The van der Waals surface area contributed by atoms with E-state index in [0.29, 0.717) is 22.6 Å². The van der Waals surface area contributed by atoms with Gasteiger partial charge in [0.15, 0.2) is 0 Å². The standard InChI is InChI=1S/C17H15F3N4O/c1-23(2)15-13-7-6-10(17(18,19)20)8-14(13)24(16(25)22-15)12-5-3-4-11(21)9-12/h3-9H,21H2,1-2H3. The summed E-state index contributed by atoms with van der Waals surface area (Å²) in [6.45, 7) is 0. The zero-order chi connectivity index (χ0) is 18.4. The van der Waals surface area contributed by atoms with E-state index in [2.05, 4.69) is 4.98 Å². The summed E-state index contributed by atoms with van der Waals surface area (Å²) in [5, 5.41) is 0.431. The highest BCUT2D eigenvalue weighted by Crippen LogP contribution is 2.33. The van der Waals surface area contributed by atoms with Crippen LogP contribution in [0.5, 0.6) is 0 Å². The van der Waals surface area contributed by atoms with Gasteiger partial charge in [-0.1, -0.05) is 6.07 Å². The summed E-state index contributed by atoms with van der Waals surface area (Å²) < 4.78 is 40.6. The smallest absolute Gasteiger partial charge is 0.399 e. The molecule has 3 aromatic rings. The van der Waals surface area contributed by atoms with Gasteiger partial charge in [0, 0.05) is 25.2 Å². The van der Waals surface area contributed by atoms with E-state index in [1.54, 1.807) is 37.2 Å². The SMILES string of the molecule is CN(C)c1nc(=O)n(-c2cccc(N)c2)c2cc(C(F)(F)F)ccc12. The van der Waals surface area contributed by atoms with Gasteiger partial charge in [-0.3, -0.25) is 4.57 Å². The highest BCUT2D eigenvalue weighted by Gasteiger charge is 2.31. The van der Waals surface area contributed by atoms with Crippen LogP contribution < -0.4 is 16.3 Å². The quantitative estimate of drug-likeness (QED) is 0.723. The Morgan fingerprint density at radius 1 is 1.12 bits per heavy atom. The number of aromatic nitrogens is 2. The second-order valence-electron chi connectivity index (χ2n) is 5.77. The Balaban J connectivity index is 2.45. The van der Waals surface area contributed by atoms with Crippen LogP contribution in [0.2, 0.25) is 0 Å². The second-order valence-corrected chi connectivity index (χ2v) is 5.77. The van der Waals surface area contributed by atoms with E-state index in [1.165, 1.54) is 12.1 Å². The molecule has 2 N–H and O–H groups in total. The Labute approximate surface area is 141 Å². The van der Waals surface area contributed by atoms with Crippen molar-refractivity contribution in [3.63, 3.8) is 0 Å². The van der Waals surface area contributed by atoms with Gasteiger partial charge in [0.05, 0.1) is 16.8 Å². The number of rotatable bonds is 2. The maximum absolute atomic E-state index is 13.1. The van der Waals surface area contributed by atoms with Crippen molar-refractivity contribution < 1.29 is 13.2 Å². The highest BCUT2D eigenvalue weighted by molar-refractivity contribution is 5.91. The fourth-order valence-corrected chi connectivity index (χ4v) is 2.64. The summed E-state index contributed by atoms with van der Waals surface area (Å²) in [6, 6.07) is 9.60. The molecule has 5 nitrogen and oxygen atoms in total. The Morgan fingerprint density at radius 2 is 1.84 bits per heavy atom. The summed E-state index contributed by atoms with van der Waals surface area (Å²) in [5.41, 5.74) is 5.08. The van der Waals surface area contributed by atoms with Crippen molar-refractivity contribution in [2.45, 2.75) is 6.18 Å². The summed E-state index contributed by atoms with van der Waals surface area (Å²) in [7, 11) is 3.34. The van der Waals surface area contributed by atoms with Crippen molar-refractivity contribution >= 4 is 22.4 Å². The van der Waals surface area contributed by atoms with Gasteiger partial charge in [0.2, 0.25) is 0 Å². The van der Waals surface area contributed by atoms with E-state index in [1.807, 2.05) is 0 Å². The van der Waals surface area contributed by atoms with Gasteiger partial charge >= 0.3 is 11.9 Å². The zero-order valence-corrected chi connectivity index (χ0v) is 13.5. The number of hydrogen-bond acceptors (Lipinski definition) is 4. The van der Waals surface area contributed by atoms with Crippen LogP contribution in [0, 0.1) is 0 Å². The lowest BCUT2D eigenvalue weighted by Gasteiger charge is -2.18. The molecule has 0 aliphatic rings. The normalized spacial score (nSPS) is 11.7. The molecule has 130 valence electrons. The molecule has 1 aromatic heterocycles. The van der Waals surface area contributed by atoms with Crippen LogP contribution in [0.15, 0.2) is 47.3 Å². The summed E-state index contributed by atoms with van der Waals surface area (Å²) >= 11 is 0. The number of alkyl halides is 3. The van der Waals surface area contributed by atoms with E-state index in [0.717, 1.165) is 16.7 Å². The maximum Gasteiger partial charge on any atom is 0.416 e. The number of nitrogens with two attached hydrogens (primary N) is 1. The highest BCUT2D eigenvalue weighted by atomic mass is 19.4. The molecule has 8 heteroatoms. The third kappa shape index (κ3) is 3.02. The molecule has 3 rings (SSSR count). The number of fused-ring (bicyclic) bond motifs is 1. The van der Waals surface area contributed by atoms with E-state index in [4.69, 9.17) is 5.73 Å². The minimum atomic E-state index is -4.52. The molecule has 0 unspecified atom stereocenters. The Hall–Kier alpha value is -3.03. The molecule has 2 aromatic carbocycles. The van der Waals surface area contributed by atoms with Gasteiger partial charge in [-0.25, -0.2) is 4.79 Å². The van der Waals surface area contributed by atoms with Crippen molar-refractivity contribution in [1.29, 1.82) is 0 Å². The fourth-order valence-electron chi connectivity index (χ4n) is 2.64. The molecule has 0 radical (unpaired) electrons. The lowest BCUT2D eigenvalue weighted by molar-refractivity contribution is -0.137. The van der Waals surface area contributed by atoms with Gasteiger partial charge in [0.1, 0.15) is 5.82 Å². The summed E-state index contributed by atoms with van der Waals surface area (Å²) in [4.78, 5) is 18.1. The lowest BCUT2D eigenvalue weighted by atomic mass is 10.1. The largest absolute Gasteiger partial charge is 0.416 e. The van der Waals surface area contributed by atoms with Gasteiger partial charge < -0.3 is 10.6 Å². The predicted octanol–water partition coefficient (Wildman–Crippen LogP) is 3.05. The van der Waals surface area contributed by atoms with Crippen LogP contribution in [0.1, 0.15) is 5.56 Å². The van der Waals surface area contributed by atoms with E-state index in [-0.39, 0.29) is 5.52 Å². The maximum atomic E-state index is 13.1. The van der Waals surface area contributed by atoms with E-state index >= 15 is 0 Å². The molecule has 0 saturated carbocycles. The number of benzene rings is 2. The van der Waals surface area contributed by atoms with Crippen molar-refractivity contribution in [2.24, 2.45) is 0 Å². The zero-order valence-electron chi connectivity index (χ0n) is 13.5. The average molecular weight is 348 g/mol. The molecule has 0 atom stereocenters. The van der Waals surface area contributed by atoms with Crippen LogP contribution in [-0.4, -0.2) is 23.6 Å². The molecule has 1 heterocycles. The Bertz CT molecular complexity index is 1010. The number of halogens is 3. The second kappa shape index (κ2) is 5.80. The third-order valence-electron chi connectivity index (χ3n) is 3.75. The summed E-state index contributed by atoms with van der Waals surface area (Å²) in [6.07, 6.45) is -4.52. The Morgan fingerprint density at radius 3 is 2.44 bits per heavy atom. The first-order valence-electron chi connectivity index (χ1n) is 7.36. The molecule has 0 aliphatic heterocycles. The number of nitrogens with zero attached hydrogens (tertiary/aromatic N) is 3. The monoisotopic (exact) mass is 348 g/mol. The molecule has 0 saturated heterocycles.